The number of rotatable bonds is 5. The van der Waals surface area contributed by atoms with Crippen molar-refractivity contribution in [1.29, 1.82) is 0 Å². The summed E-state index contributed by atoms with van der Waals surface area (Å²) in [5, 5.41) is 0. The summed E-state index contributed by atoms with van der Waals surface area (Å²) in [7, 11) is 0. The second-order valence-corrected chi connectivity index (χ2v) is 5.96. The molecule has 21 heavy (non-hydrogen) atoms. The SMILES string of the molecule is CC(C)CN(C(=O)c1ccnc(NN)c1F)C1CCCC1. The summed E-state index contributed by atoms with van der Waals surface area (Å²) < 4.78 is 14.3. The van der Waals surface area contributed by atoms with E-state index in [9.17, 15) is 9.18 Å². The minimum absolute atomic E-state index is 0.0329. The number of pyridine rings is 1. The van der Waals surface area contributed by atoms with Crippen LogP contribution in [0.5, 0.6) is 0 Å². The summed E-state index contributed by atoms with van der Waals surface area (Å²) in [5.41, 5.74) is 2.22. The van der Waals surface area contributed by atoms with Crippen LogP contribution in [0.15, 0.2) is 12.3 Å². The van der Waals surface area contributed by atoms with Crippen molar-refractivity contribution in [3.63, 3.8) is 0 Å². The summed E-state index contributed by atoms with van der Waals surface area (Å²) >= 11 is 0. The number of halogens is 1. The van der Waals surface area contributed by atoms with Crippen LogP contribution < -0.4 is 11.3 Å². The van der Waals surface area contributed by atoms with E-state index in [2.05, 4.69) is 24.3 Å². The monoisotopic (exact) mass is 294 g/mol. The van der Waals surface area contributed by atoms with E-state index in [1.54, 1.807) is 0 Å². The normalized spacial score (nSPS) is 15.5. The molecule has 1 saturated carbocycles. The molecule has 0 unspecified atom stereocenters. The van der Waals surface area contributed by atoms with Crippen LogP contribution in [0, 0.1) is 11.7 Å². The summed E-state index contributed by atoms with van der Waals surface area (Å²) in [6, 6.07) is 1.63. The molecule has 116 valence electrons. The fraction of sp³-hybridized carbons (Fsp3) is 0.600. The number of nitrogens with zero attached hydrogens (tertiary/aromatic N) is 2. The Labute approximate surface area is 124 Å². The van der Waals surface area contributed by atoms with Crippen molar-refractivity contribution in [2.24, 2.45) is 11.8 Å². The maximum Gasteiger partial charge on any atom is 0.257 e. The number of nitrogen functional groups attached to an aromatic ring is 1. The average Bonchev–Trinajstić information content (AvgIpc) is 2.98. The number of anilines is 1. The van der Waals surface area contributed by atoms with Gasteiger partial charge in [-0.05, 0) is 24.8 Å². The molecule has 3 N–H and O–H groups in total. The van der Waals surface area contributed by atoms with Crippen molar-refractivity contribution in [2.45, 2.75) is 45.6 Å². The molecule has 1 fully saturated rings. The number of carbonyl (C=O) groups excluding carboxylic acids is 1. The van der Waals surface area contributed by atoms with Crippen LogP contribution in [0.4, 0.5) is 10.2 Å². The van der Waals surface area contributed by atoms with Gasteiger partial charge in [-0.3, -0.25) is 4.79 Å². The predicted octanol–water partition coefficient (Wildman–Crippen LogP) is 2.55. The smallest absolute Gasteiger partial charge is 0.257 e. The Morgan fingerprint density at radius 3 is 2.76 bits per heavy atom. The molecule has 1 aliphatic carbocycles. The van der Waals surface area contributed by atoms with Gasteiger partial charge < -0.3 is 10.3 Å². The minimum Gasteiger partial charge on any atom is -0.335 e. The minimum atomic E-state index is -0.684. The van der Waals surface area contributed by atoms with Gasteiger partial charge in [-0.15, -0.1) is 0 Å². The molecule has 1 heterocycles. The number of aromatic nitrogens is 1. The lowest BCUT2D eigenvalue weighted by atomic mass is 10.1. The number of carbonyl (C=O) groups is 1. The van der Waals surface area contributed by atoms with Crippen molar-refractivity contribution in [3.8, 4) is 0 Å². The van der Waals surface area contributed by atoms with Crippen LogP contribution in [0.3, 0.4) is 0 Å². The Morgan fingerprint density at radius 2 is 2.19 bits per heavy atom. The molecule has 0 spiro atoms. The van der Waals surface area contributed by atoms with E-state index in [1.165, 1.54) is 12.3 Å². The molecule has 0 aliphatic heterocycles. The molecule has 0 saturated heterocycles. The number of hydrogen-bond acceptors (Lipinski definition) is 4. The van der Waals surface area contributed by atoms with Crippen molar-refractivity contribution in [3.05, 3.63) is 23.6 Å². The Bertz CT molecular complexity index is 500. The highest BCUT2D eigenvalue weighted by atomic mass is 19.1. The number of amides is 1. The van der Waals surface area contributed by atoms with E-state index in [4.69, 9.17) is 5.84 Å². The molecular formula is C15H23FN4O. The lowest BCUT2D eigenvalue weighted by Gasteiger charge is -2.31. The van der Waals surface area contributed by atoms with E-state index < -0.39 is 5.82 Å². The van der Waals surface area contributed by atoms with Gasteiger partial charge in [0.2, 0.25) is 0 Å². The fourth-order valence-electron chi connectivity index (χ4n) is 2.87. The Hall–Kier alpha value is -1.69. The first-order valence-electron chi connectivity index (χ1n) is 7.46. The predicted molar refractivity (Wildman–Crippen MR) is 80.1 cm³/mol. The third kappa shape index (κ3) is 3.50. The quantitative estimate of drug-likeness (QED) is 0.646. The topological polar surface area (TPSA) is 71.2 Å². The highest BCUT2D eigenvalue weighted by molar-refractivity contribution is 5.95. The number of hydrogen-bond donors (Lipinski definition) is 2. The van der Waals surface area contributed by atoms with Gasteiger partial charge in [-0.25, -0.2) is 15.2 Å². The Morgan fingerprint density at radius 1 is 1.52 bits per heavy atom. The van der Waals surface area contributed by atoms with Gasteiger partial charge in [-0.2, -0.15) is 0 Å². The molecule has 6 heteroatoms. The maximum atomic E-state index is 14.3. The zero-order valence-corrected chi connectivity index (χ0v) is 12.6. The molecular weight excluding hydrogens is 271 g/mol. The Balaban J connectivity index is 2.29. The second-order valence-electron chi connectivity index (χ2n) is 5.96. The molecule has 1 aromatic heterocycles. The Kier molecular flexibility index (Phi) is 5.12. The third-order valence-corrected chi connectivity index (χ3v) is 3.84. The highest BCUT2D eigenvalue weighted by Gasteiger charge is 2.30. The lowest BCUT2D eigenvalue weighted by molar-refractivity contribution is 0.0650. The largest absolute Gasteiger partial charge is 0.335 e. The second kappa shape index (κ2) is 6.85. The van der Waals surface area contributed by atoms with Gasteiger partial charge in [0.25, 0.3) is 5.91 Å². The molecule has 1 aliphatic rings. The molecule has 5 nitrogen and oxygen atoms in total. The van der Waals surface area contributed by atoms with Gasteiger partial charge in [0.05, 0.1) is 5.56 Å². The van der Waals surface area contributed by atoms with E-state index in [-0.39, 0.29) is 23.3 Å². The molecule has 1 aromatic rings. The van der Waals surface area contributed by atoms with Crippen molar-refractivity contribution >= 4 is 11.7 Å². The lowest BCUT2D eigenvalue weighted by Crippen LogP contribution is -2.41. The number of nitrogens with one attached hydrogen (secondary N) is 1. The van der Waals surface area contributed by atoms with Crippen LogP contribution in [-0.4, -0.2) is 28.4 Å². The number of nitrogens with two attached hydrogens (primary N) is 1. The fourth-order valence-corrected chi connectivity index (χ4v) is 2.87. The molecule has 0 atom stereocenters. The van der Waals surface area contributed by atoms with Crippen LogP contribution in [-0.2, 0) is 0 Å². The average molecular weight is 294 g/mol. The first-order chi connectivity index (χ1) is 10.0. The van der Waals surface area contributed by atoms with Gasteiger partial charge in [0, 0.05) is 18.8 Å². The van der Waals surface area contributed by atoms with Crippen LogP contribution >= 0.6 is 0 Å². The summed E-state index contributed by atoms with van der Waals surface area (Å²) in [6.45, 7) is 4.76. The van der Waals surface area contributed by atoms with Crippen molar-refractivity contribution in [2.75, 3.05) is 12.0 Å². The number of hydrazine groups is 1. The molecule has 0 aromatic carbocycles. The van der Waals surface area contributed by atoms with Gasteiger partial charge >= 0.3 is 0 Å². The van der Waals surface area contributed by atoms with Gasteiger partial charge in [0.15, 0.2) is 11.6 Å². The zero-order valence-electron chi connectivity index (χ0n) is 12.6. The van der Waals surface area contributed by atoms with Crippen LogP contribution in [0.1, 0.15) is 49.9 Å². The van der Waals surface area contributed by atoms with E-state index in [0.717, 1.165) is 25.7 Å². The summed E-state index contributed by atoms with van der Waals surface area (Å²) in [6.07, 6.45) is 5.63. The van der Waals surface area contributed by atoms with Crippen LogP contribution in [0.2, 0.25) is 0 Å². The van der Waals surface area contributed by atoms with E-state index in [1.807, 2.05) is 4.90 Å². The van der Waals surface area contributed by atoms with Crippen molar-refractivity contribution < 1.29 is 9.18 Å². The first-order valence-corrected chi connectivity index (χ1v) is 7.46. The molecule has 0 radical (unpaired) electrons. The van der Waals surface area contributed by atoms with E-state index >= 15 is 0 Å². The maximum absolute atomic E-state index is 14.3. The van der Waals surface area contributed by atoms with Gasteiger partial charge in [-0.1, -0.05) is 26.7 Å². The molecule has 2 rings (SSSR count). The van der Waals surface area contributed by atoms with Crippen LogP contribution in [0.25, 0.3) is 0 Å². The van der Waals surface area contributed by atoms with Crippen molar-refractivity contribution in [1.82, 2.24) is 9.88 Å². The standard InChI is InChI=1S/C15H23FN4O/c1-10(2)9-20(11-5-3-4-6-11)15(21)12-7-8-18-14(19-17)13(12)16/h7-8,10-11H,3-6,9,17H2,1-2H3,(H,18,19). The first kappa shape index (κ1) is 15.7. The molecule has 0 bridgehead atoms. The third-order valence-electron chi connectivity index (χ3n) is 3.84. The summed E-state index contributed by atoms with van der Waals surface area (Å²) in [4.78, 5) is 18.3. The zero-order chi connectivity index (χ0) is 15.4. The highest BCUT2D eigenvalue weighted by Crippen LogP contribution is 2.27. The summed E-state index contributed by atoms with van der Waals surface area (Å²) in [5.74, 6) is 4.51. The van der Waals surface area contributed by atoms with Gasteiger partial charge in [0.1, 0.15) is 0 Å². The van der Waals surface area contributed by atoms with E-state index in [0.29, 0.717) is 12.5 Å². The molecule has 1 amide bonds.